The second kappa shape index (κ2) is 3.87. The second-order valence-electron chi connectivity index (χ2n) is 3.15. The van der Waals surface area contributed by atoms with Crippen LogP contribution in [0.25, 0.3) is 0 Å². The van der Waals surface area contributed by atoms with E-state index in [0.29, 0.717) is 0 Å². The van der Waals surface area contributed by atoms with Crippen molar-refractivity contribution in [3.8, 4) is 0 Å². The molecule has 0 aliphatic heterocycles. The van der Waals surface area contributed by atoms with Gasteiger partial charge in [0.1, 0.15) is 36.6 Å². The highest BCUT2D eigenvalue weighted by Gasteiger charge is 2.48. The number of rotatable bonds is 1. The molecule has 0 spiro atoms. The second-order valence-corrected chi connectivity index (χ2v) is 3.15. The first-order valence-electron chi connectivity index (χ1n) is 3.93. The molecule has 78 valence electrons. The van der Waals surface area contributed by atoms with E-state index in [2.05, 4.69) is 4.74 Å². The number of ether oxygens (including phenoxy) is 1. The van der Waals surface area contributed by atoms with Gasteiger partial charge in [0.25, 0.3) is 0 Å². The molecular formula is C7H14O6. The third-order valence-electron chi connectivity index (χ3n) is 2.35. The summed E-state index contributed by atoms with van der Waals surface area (Å²) in [6.45, 7) is 0. The Hall–Kier alpha value is -0.240. The van der Waals surface area contributed by atoms with Crippen molar-refractivity contribution in [3.63, 3.8) is 0 Å². The fraction of sp³-hybridized carbons (Fsp3) is 1.00. The topological polar surface area (TPSA) is 110 Å². The highest BCUT2D eigenvalue weighted by atomic mass is 16.5. The fourth-order valence-corrected chi connectivity index (χ4v) is 1.48. The van der Waals surface area contributed by atoms with Gasteiger partial charge in [-0.25, -0.2) is 0 Å². The van der Waals surface area contributed by atoms with Crippen LogP contribution in [0.15, 0.2) is 0 Å². The molecule has 1 aliphatic carbocycles. The molecule has 0 aromatic heterocycles. The van der Waals surface area contributed by atoms with Crippen LogP contribution in [0.2, 0.25) is 0 Å². The van der Waals surface area contributed by atoms with Crippen LogP contribution < -0.4 is 0 Å². The summed E-state index contributed by atoms with van der Waals surface area (Å²) < 4.78 is 4.67. The molecule has 6 heteroatoms. The van der Waals surface area contributed by atoms with E-state index in [9.17, 15) is 20.4 Å². The van der Waals surface area contributed by atoms with Gasteiger partial charge in [-0.05, 0) is 0 Å². The summed E-state index contributed by atoms with van der Waals surface area (Å²) in [5, 5.41) is 46.1. The smallest absolute Gasteiger partial charge is 0.114 e. The summed E-state index contributed by atoms with van der Waals surface area (Å²) in [4.78, 5) is 0. The van der Waals surface area contributed by atoms with E-state index in [-0.39, 0.29) is 0 Å². The lowest BCUT2D eigenvalue weighted by atomic mass is 9.85. The van der Waals surface area contributed by atoms with Gasteiger partial charge in [0.05, 0.1) is 0 Å². The Balaban J connectivity index is 2.79. The van der Waals surface area contributed by atoms with Crippen LogP contribution in [-0.2, 0) is 4.74 Å². The Bertz CT molecular complexity index is 158. The van der Waals surface area contributed by atoms with Crippen LogP contribution in [0.1, 0.15) is 0 Å². The summed E-state index contributed by atoms with van der Waals surface area (Å²) in [6, 6.07) is 0. The minimum atomic E-state index is -1.56. The van der Waals surface area contributed by atoms with Crippen LogP contribution >= 0.6 is 0 Å². The van der Waals surface area contributed by atoms with Crippen LogP contribution in [0.3, 0.4) is 0 Å². The SMILES string of the molecule is COC1C(O)[C@@H](O)C(O)[C@@H](O)C1O. The van der Waals surface area contributed by atoms with Gasteiger partial charge in [0.2, 0.25) is 0 Å². The van der Waals surface area contributed by atoms with E-state index in [1.807, 2.05) is 0 Å². The van der Waals surface area contributed by atoms with Crippen LogP contribution in [0.4, 0.5) is 0 Å². The monoisotopic (exact) mass is 194 g/mol. The standard InChI is InChI=1S/C7H14O6/c1-13-7-5(11)3(9)2(8)4(10)6(7)12/h2-12H,1H3/t2?,3-,4+,5?,6?,7?. The van der Waals surface area contributed by atoms with Crippen molar-refractivity contribution < 1.29 is 30.3 Å². The summed E-state index contributed by atoms with van der Waals surface area (Å²) in [7, 11) is 1.23. The summed E-state index contributed by atoms with van der Waals surface area (Å²) in [5.74, 6) is 0. The van der Waals surface area contributed by atoms with E-state index in [0.717, 1.165) is 0 Å². The molecule has 0 bridgehead atoms. The molecular weight excluding hydrogens is 180 g/mol. The zero-order valence-electron chi connectivity index (χ0n) is 7.11. The van der Waals surface area contributed by atoms with Gasteiger partial charge >= 0.3 is 0 Å². The van der Waals surface area contributed by atoms with Crippen LogP contribution in [-0.4, -0.2) is 69.3 Å². The molecule has 0 heterocycles. The first-order chi connectivity index (χ1) is 6.00. The van der Waals surface area contributed by atoms with Gasteiger partial charge in [-0.3, -0.25) is 0 Å². The maximum absolute atomic E-state index is 9.29. The van der Waals surface area contributed by atoms with Crippen molar-refractivity contribution in [1.29, 1.82) is 0 Å². The zero-order valence-corrected chi connectivity index (χ0v) is 7.11. The molecule has 5 N–H and O–H groups in total. The lowest BCUT2D eigenvalue weighted by Crippen LogP contribution is -2.64. The van der Waals surface area contributed by atoms with Crippen LogP contribution in [0.5, 0.6) is 0 Å². The highest BCUT2D eigenvalue weighted by molar-refractivity contribution is 4.99. The highest BCUT2D eigenvalue weighted by Crippen LogP contribution is 2.23. The Morgan fingerprint density at radius 3 is 1.31 bits per heavy atom. The van der Waals surface area contributed by atoms with Gasteiger partial charge in [-0.2, -0.15) is 0 Å². The van der Waals surface area contributed by atoms with Gasteiger partial charge in [0, 0.05) is 7.11 Å². The Morgan fingerprint density at radius 1 is 0.692 bits per heavy atom. The Morgan fingerprint density at radius 2 is 1.00 bits per heavy atom. The summed E-state index contributed by atoms with van der Waals surface area (Å²) in [5.41, 5.74) is 0. The molecule has 0 aromatic carbocycles. The third kappa shape index (κ3) is 1.69. The maximum Gasteiger partial charge on any atom is 0.114 e. The molecule has 1 saturated carbocycles. The van der Waals surface area contributed by atoms with Crippen molar-refractivity contribution in [1.82, 2.24) is 0 Å². The summed E-state index contributed by atoms with van der Waals surface area (Å²) >= 11 is 0. The largest absolute Gasteiger partial charge is 0.387 e. The lowest BCUT2D eigenvalue weighted by Gasteiger charge is -2.40. The number of hydrogen-bond donors (Lipinski definition) is 5. The molecule has 13 heavy (non-hydrogen) atoms. The average molecular weight is 194 g/mol. The third-order valence-corrected chi connectivity index (χ3v) is 2.35. The van der Waals surface area contributed by atoms with E-state index >= 15 is 0 Å². The molecule has 0 amide bonds. The number of methoxy groups -OCH3 is 1. The Labute approximate surface area is 75.0 Å². The van der Waals surface area contributed by atoms with Gasteiger partial charge in [-0.1, -0.05) is 0 Å². The Kier molecular flexibility index (Phi) is 3.23. The van der Waals surface area contributed by atoms with Crippen molar-refractivity contribution >= 4 is 0 Å². The molecule has 4 unspecified atom stereocenters. The van der Waals surface area contributed by atoms with Crippen molar-refractivity contribution in [2.75, 3.05) is 7.11 Å². The minimum Gasteiger partial charge on any atom is -0.387 e. The lowest BCUT2D eigenvalue weighted by molar-refractivity contribution is -0.229. The van der Waals surface area contributed by atoms with E-state index < -0.39 is 36.6 Å². The maximum atomic E-state index is 9.29. The average Bonchev–Trinajstić information content (AvgIpc) is 2.13. The molecule has 1 fully saturated rings. The van der Waals surface area contributed by atoms with Crippen molar-refractivity contribution in [2.24, 2.45) is 0 Å². The van der Waals surface area contributed by atoms with Gasteiger partial charge < -0.3 is 30.3 Å². The van der Waals surface area contributed by atoms with Crippen molar-refractivity contribution in [3.05, 3.63) is 0 Å². The molecule has 6 atom stereocenters. The summed E-state index contributed by atoms with van der Waals surface area (Å²) in [6.07, 6.45) is -8.48. The van der Waals surface area contributed by atoms with Crippen LogP contribution in [0, 0.1) is 0 Å². The predicted octanol–water partition coefficient (Wildman–Crippen LogP) is -3.18. The van der Waals surface area contributed by atoms with E-state index in [4.69, 9.17) is 5.11 Å². The fourth-order valence-electron chi connectivity index (χ4n) is 1.48. The molecule has 0 aromatic rings. The molecule has 0 saturated heterocycles. The first kappa shape index (κ1) is 10.8. The zero-order chi connectivity index (χ0) is 10.2. The first-order valence-corrected chi connectivity index (χ1v) is 3.93. The molecule has 0 radical (unpaired) electrons. The molecule has 1 rings (SSSR count). The molecule has 1 aliphatic rings. The van der Waals surface area contributed by atoms with Gasteiger partial charge in [-0.15, -0.1) is 0 Å². The predicted molar refractivity (Wildman–Crippen MR) is 40.8 cm³/mol. The van der Waals surface area contributed by atoms with E-state index in [1.54, 1.807) is 0 Å². The quantitative estimate of drug-likeness (QED) is 0.301. The van der Waals surface area contributed by atoms with E-state index in [1.165, 1.54) is 7.11 Å². The van der Waals surface area contributed by atoms with Crippen molar-refractivity contribution in [2.45, 2.75) is 36.6 Å². The number of aliphatic hydroxyl groups excluding tert-OH is 5. The number of aliphatic hydroxyl groups is 5. The normalized spacial score (nSPS) is 52.2. The van der Waals surface area contributed by atoms with Gasteiger partial charge in [0.15, 0.2) is 0 Å². The molecule has 6 nitrogen and oxygen atoms in total. The number of hydrogen-bond acceptors (Lipinski definition) is 6. The minimum absolute atomic E-state index is 1.09.